The van der Waals surface area contributed by atoms with Gasteiger partial charge in [-0.3, -0.25) is 5.43 Å². The molecule has 0 saturated carbocycles. The topological polar surface area (TPSA) is 24.4 Å². The lowest BCUT2D eigenvalue weighted by Crippen LogP contribution is -2.05. The first-order valence-corrected chi connectivity index (χ1v) is 6.10. The zero-order valence-electron chi connectivity index (χ0n) is 11.3. The van der Waals surface area contributed by atoms with Crippen molar-refractivity contribution in [3.8, 4) is 0 Å². The van der Waals surface area contributed by atoms with Crippen LogP contribution in [0.1, 0.15) is 18.1 Å². The van der Waals surface area contributed by atoms with Gasteiger partial charge in [-0.1, -0.05) is 29.8 Å². The molecular weight excluding hydrogens is 284 g/mol. The molecule has 0 aliphatic heterocycles. The number of nitrogens with zero attached hydrogens (tertiary/aromatic N) is 1. The van der Waals surface area contributed by atoms with E-state index in [0.717, 1.165) is 5.56 Å². The van der Waals surface area contributed by atoms with Crippen molar-refractivity contribution in [2.45, 2.75) is 13.8 Å². The van der Waals surface area contributed by atoms with Gasteiger partial charge in [0.15, 0.2) is 23.3 Å². The van der Waals surface area contributed by atoms with E-state index in [1.54, 1.807) is 19.1 Å². The average Bonchev–Trinajstić information content (AvgIpc) is 2.45. The summed E-state index contributed by atoms with van der Waals surface area (Å²) in [5.41, 5.74) is 3.25. The van der Waals surface area contributed by atoms with E-state index in [2.05, 4.69) is 5.10 Å². The number of aryl methyl sites for hydroxylation is 1. The molecule has 0 atom stereocenters. The van der Waals surface area contributed by atoms with Gasteiger partial charge in [-0.2, -0.15) is 5.10 Å². The van der Waals surface area contributed by atoms with Gasteiger partial charge in [-0.05, 0) is 19.4 Å². The Kier molecular flexibility index (Phi) is 4.26. The van der Waals surface area contributed by atoms with Crippen LogP contribution in [0, 0.1) is 30.2 Å². The fraction of sp³-hybridized carbons (Fsp3) is 0.133. The summed E-state index contributed by atoms with van der Waals surface area (Å²) in [6.07, 6.45) is 0. The first-order chi connectivity index (χ1) is 9.90. The number of halogens is 4. The highest BCUT2D eigenvalue weighted by atomic mass is 19.2. The number of anilines is 1. The SMILES string of the molecule is CC(=NNc1c(F)c(F)cc(F)c1F)c1ccc(C)cc1. The molecule has 2 rings (SSSR count). The largest absolute Gasteiger partial charge is 0.272 e. The number of hydrogen-bond acceptors (Lipinski definition) is 2. The molecule has 0 spiro atoms. The molecule has 0 aromatic heterocycles. The molecule has 2 aromatic carbocycles. The Morgan fingerprint density at radius 2 is 1.48 bits per heavy atom. The minimum atomic E-state index is -1.52. The molecule has 0 aliphatic carbocycles. The van der Waals surface area contributed by atoms with Crippen molar-refractivity contribution in [1.82, 2.24) is 0 Å². The fourth-order valence-electron chi connectivity index (χ4n) is 1.67. The van der Waals surface area contributed by atoms with Crippen LogP contribution >= 0.6 is 0 Å². The number of hydrogen-bond donors (Lipinski definition) is 1. The molecule has 6 heteroatoms. The molecule has 0 unspecified atom stereocenters. The molecule has 2 nitrogen and oxygen atoms in total. The first-order valence-electron chi connectivity index (χ1n) is 6.10. The molecule has 0 aliphatic rings. The standard InChI is InChI=1S/C15H12F4N2/c1-8-3-5-10(6-4-8)9(2)20-21-15-13(18)11(16)7-12(17)14(15)19/h3-7,21H,1-2H3. The van der Waals surface area contributed by atoms with E-state index in [1.165, 1.54) is 0 Å². The van der Waals surface area contributed by atoms with Crippen molar-refractivity contribution in [2.24, 2.45) is 5.10 Å². The number of rotatable bonds is 3. The second-order valence-electron chi connectivity index (χ2n) is 4.52. The summed E-state index contributed by atoms with van der Waals surface area (Å²) in [5, 5.41) is 3.75. The minimum Gasteiger partial charge on any atom is -0.272 e. The number of benzene rings is 2. The van der Waals surface area contributed by atoms with Crippen LogP contribution in [0.5, 0.6) is 0 Å². The maximum atomic E-state index is 13.4. The summed E-state index contributed by atoms with van der Waals surface area (Å²) >= 11 is 0. The zero-order chi connectivity index (χ0) is 15.6. The Hall–Kier alpha value is -2.37. The second-order valence-corrected chi connectivity index (χ2v) is 4.52. The molecule has 110 valence electrons. The average molecular weight is 296 g/mol. The monoisotopic (exact) mass is 296 g/mol. The molecule has 0 fully saturated rings. The van der Waals surface area contributed by atoms with Crippen LogP contribution in [0.2, 0.25) is 0 Å². The van der Waals surface area contributed by atoms with Crippen LogP contribution in [0.25, 0.3) is 0 Å². The van der Waals surface area contributed by atoms with E-state index < -0.39 is 29.0 Å². The van der Waals surface area contributed by atoms with Gasteiger partial charge in [0.05, 0.1) is 5.71 Å². The van der Waals surface area contributed by atoms with Gasteiger partial charge in [0.25, 0.3) is 0 Å². The van der Waals surface area contributed by atoms with E-state index in [0.29, 0.717) is 11.3 Å². The van der Waals surface area contributed by atoms with Crippen molar-refractivity contribution in [3.63, 3.8) is 0 Å². The molecule has 0 radical (unpaired) electrons. The van der Waals surface area contributed by atoms with Crippen LogP contribution in [0.3, 0.4) is 0 Å². The maximum Gasteiger partial charge on any atom is 0.186 e. The predicted octanol–water partition coefficient (Wildman–Crippen LogP) is 4.39. The lowest BCUT2D eigenvalue weighted by molar-refractivity contribution is 0.458. The third-order valence-electron chi connectivity index (χ3n) is 2.92. The normalized spacial score (nSPS) is 11.6. The smallest absolute Gasteiger partial charge is 0.186 e. The highest BCUT2D eigenvalue weighted by Crippen LogP contribution is 2.24. The van der Waals surface area contributed by atoms with E-state index in [1.807, 2.05) is 24.5 Å². The van der Waals surface area contributed by atoms with Gasteiger partial charge in [-0.15, -0.1) is 0 Å². The summed E-state index contributed by atoms with van der Waals surface area (Å²) in [6, 6.07) is 7.38. The van der Waals surface area contributed by atoms with Gasteiger partial charge in [0.1, 0.15) is 5.69 Å². The molecule has 0 saturated heterocycles. The van der Waals surface area contributed by atoms with E-state index in [-0.39, 0.29) is 6.07 Å². The van der Waals surface area contributed by atoms with E-state index in [4.69, 9.17) is 0 Å². The third-order valence-corrected chi connectivity index (χ3v) is 2.92. The summed E-state index contributed by atoms with van der Waals surface area (Å²) in [6.45, 7) is 3.51. The Morgan fingerprint density at radius 1 is 0.952 bits per heavy atom. The minimum absolute atomic E-state index is 0.145. The van der Waals surface area contributed by atoms with Crippen LogP contribution < -0.4 is 5.43 Å². The van der Waals surface area contributed by atoms with Gasteiger partial charge in [0.2, 0.25) is 0 Å². The van der Waals surface area contributed by atoms with Gasteiger partial charge in [-0.25, -0.2) is 17.6 Å². The highest BCUT2D eigenvalue weighted by Gasteiger charge is 2.18. The van der Waals surface area contributed by atoms with Crippen molar-refractivity contribution in [1.29, 1.82) is 0 Å². The van der Waals surface area contributed by atoms with Gasteiger partial charge < -0.3 is 0 Å². The molecule has 21 heavy (non-hydrogen) atoms. The lowest BCUT2D eigenvalue weighted by Gasteiger charge is -2.07. The quantitative estimate of drug-likeness (QED) is 0.386. The first kappa shape index (κ1) is 15.0. The van der Waals surface area contributed by atoms with Crippen molar-refractivity contribution in [3.05, 3.63) is 64.7 Å². The predicted molar refractivity (Wildman–Crippen MR) is 73.3 cm³/mol. The number of hydrazone groups is 1. The van der Waals surface area contributed by atoms with E-state index in [9.17, 15) is 17.6 Å². The van der Waals surface area contributed by atoms with Crippen LogP contribution in [-0.4, -0.2) is 5.71 Å². The summed E-state index contributed by atoms with van der Waals surface area (Å²) < 4.78 is 53.0. The van der Waals surface area contributed by atoms with Crippen LogP contribution in [-0.2, 0) is 0 Å². The molecular formula is C15H12F4N2. The Labute approximate surface area is 119 Å². The third kappa shape index (κ3) is 3.21. The molecule has 0 bridgehead atoms. The summed E-state index contributed by atoms with van der Waals surface area (Å²) in [5.74, 6) is -6.01. The van der Waals surface area contributed by atoms with Crippen LogP contribution in [0.15, 0.2) is 35.4 Å². The van der Waals surface area contributed by atoms with E-state index >= 15 is 0 Å². The molecule has 0 heterocycles. The van der Waals surface area contributed by atoms with Gasteiger partial charge >= 0.3 is 0 Å². The molecule has 0 amide bonds. The Bertz CT molecular complexity index is 668. The Balaban J connectivity index is 2.31. The maximum absolute atomic E-state index is 13.4. The van der Waals surface area contributed by atoms with Gasteiger partial charge in [0, 0.05) is 6.07 Å². The molecule has 1 N–H and O–H groups in total. The summed E-state index contributed by atoms with van der Waals surface area (Å²) in [4.78, 5) is 0. The van der Waals surface area contributed by atoms with Crippen molar-refractivity contribution >= 4 is 11.4 Å². The summed E-state index contributed by atoms with van der Waals surface area (Å²) in [7, 11) is 0. The highest BCUT2D eigenvalue weighted by molar-refractivity contribution is 5.99. The fourth-order valence-corrected chi connectivity index (χ4v) is 1.67. The Morgan fingerprint density at radius 3 is 2.00 bits per heavy atom. The zero-order valence-corrected chi connectivity index (χ0v) is 11.3. The van der Waals surface area contributed by atoms with Crippen LogP contribution in [0.4, 0.5) is 23.2 Å². The van der Waals surface area contributed by atoms with Crippen molar-refractivity contribution in [2.75, 3.05) is 5.43 Å². The number of nitrogens with one attached hydrogen (secondary N) is 1. The van der Waals surface area contributed by atoms with Crippen molar-refractivity contribution < 1.29 is 17.6 Å². The second kappa shape index (κ2) is 5.95. The molecule has 2 aromatic rings. The lowest BCUT2D eigenvalue weighted by atomic mass is 10.1.